The molecule has 1 aliphatic rings. The summed E-state index contributed by atoms with van der Waals surface area (Å²) in [6.45, 7) is 5.95. The molecule has 0 radical (unpaired) electrons. The fourth-order valence-corrected chi connectivity index (χ4v) is 1.88. The topological polar surface area (TPSA) is 60.8 Å². The smallest absolute Gasteiger partial charge is 0.408 e. The molecular weight excluding hydrogens is 182 g/mol. The maximum absolute atomic E-state index is 11.0. The van der Waals surface area contributed by atoms with Crippen molar-refractivity contribution >= 4 is 6.09 Å². The lowest BCUT2D eigenvalue weighted by atomic mass is 9.74. The zero-order valence-corrected chi connectivity index (χ0v) is 8.82. The van der Waals surface area contributed by atoms with Crippen molar-refractivity contribution in [1.82, 2.24) is 4.90 Å². The first-order valence-corrected chi connectivity index (χ1v) is 4.64. The van der Waals surface area contributed by atoms with Crippen molar-refractivity contribution < 1.29 is 15.0 Å². The maximum Gasteiger partial charge on any atom is 0.408 e. The molecule has 0 aromatic rings. The van der Waals surface area contributed by atoms with Gasteiger partial charge in [0.15, 0.2) is 0 Å². The summed E-state index contributed by atoms with van der Waals surface area (Å²) in [6.07, 6.45) is 2.59. The average molecular weight is 199 g/mol. The molecule has 0 saturated carbocycles. The van der Waals surface area contributed by atoms with E-state index in [1.165, 1.54) is 4.90 Å². The Morgan fingerprint density at radius 1 is 1.57 bits per heavy atom. The number of carbonyl (C=O) groups is 1. The molecule has 0 bridgehead atoms. The Labute approximate surface area is 83.8 Å². The molecule has 1 heterocycles. The predicted molar refractivity (Wildman–Crippen MR) is 53.1 cm³/mol. The van der Waals surface area contributed by atoms with Crippen LogP contribution in [0.5, 0.6) is 0 Å². The van der Waals surface area contributed by atoms with E-state index in [0.29, 0.717) is 6.54 Å². The molecular formula is C10H17NO3. The van der Waals surface area contributed by atoms with E-state index in [2.05, 4.69) is 0 Å². The zero-order valence-electron chi connectivity index (χ0n) is 8.82. The summed E-state index contributed by atoms with van der Waals surface area (Å²) in [6, 6.07) is 0. The third-order valence-electron chi connectivity index (χ3n) is 2.93. The Kier molecular flexibility index (Phi) is 2.58. The Hall–Kier alpha value is -1.03. The van der Waals surface area contributed by atoms with E-state index >= 15 is 0 Å². The second kappa shape index (κ2) is 3.28. The molecule has 0 aromatic carbocycles. The standard InChI is InChI=1S/C10H17NO3/c1-9(2,3)10(7-12)5-4-6-11(10)8(13)14/h4-5,12H,6-7H2,1-3H3,(H,13,14). The van der Waals surface area contributed by atoms with E-state index < -0.39 is 11.6 Å². The quantitative estimate of drug-likeness (QED) is 0.626. The summed E-state index contributed by atoms with van der Waals surface area (Å²) in [5.41, 5.74) is -1.09. The fraction of sp³-hybridized carbons (Fsp3) is 0.700. The van der Waals surface area contributed by atoms with Crippen molar-refractivity contribution in [2.75, 3.05) is 13.2 Å². The number of aliphatic hydroxyl groups excluding tert-OH is 1. The summed E-state index contributed by atoms with van der Waals surface area (Å²) in [5.74, 6) is 0. The Morgan fingerprint density at radius 2 is 2.14 bits per heavy atom. The van der Waals surface area contributed by atoms with Gasteiger partial charge in [-0.1, -0.05) is 32.9 Å². The van der Waals surface area contributed by atoms with E-state index in [-0.39, 0.29) is 12.0 Å². The molecule has 1 aliphatic heterocycles. The molecule has 4 heteroatoms. The lowest BCUT2D eigenvalue weighted by Gasteiger charge is -2.44. The van der Waals surface area contributed by atoms with Crippen molar-refractivity contribution in [2.24, 2.45) is 5.41 Å². The van der Waals surface area contributed by atoms with Crippen LogP contribution in [0.1, 0.15) is 20.8 Å². The second-order valence-corrected chi connectivity index (χ2v) is 4.63. The largest absolute Gasteiger partial charge is 0.465 e. The van der Waals surface area contributed by atoms with Crippen LogP contribution in [0.3, 0.4) is 0 Å². The molecule has 2 N–H and O–H groups in total. The first-order valence-electron chi connectivity index (χ1n) is 4.64. The summed E-state index contributed by atoms with van der Waals surface area (Å²) < 4.78 is 0. The molecule has 80 valence electrons. The fourth-order valence-electron chi connectivity index (χ4n) is 1.88. The normalized spacial score (nSPS) is 27.0. The summed E-state index contributed by atoms with van der Waals surface area (Å²) in [4.78, 5) is 12.3. The minimum atomic E-state index is -0.987. The van der Waals surface area contributed by atoms with E-state index in [1.807, 2.05) is 20.8 Å². The summed E-state index contributed by atoms with van der Waals surface area (Å²) in [7, 11) is 0. The number of rotatable bonds is 1. The molecule has 14 heavy (non-hydrogen) atoms. The Bertz CT molecular complexity index is 267. The monoisotopic (exact) mass is 199 g/mol. The predicted octanol–water partition coefficient (Wildman–Crippen LogP) is 1.31. The van der Waals surface area contributed by atoms with Crippen molar-refractivity contribution in [2.45, 2.75) is 26.3 Å². The average Bonchev–Trinajstić information content (AvgIpc) is 2.46. The minimum Gasteiger partial charge on any atom is -0.465 e. The molecule has 1 rings (SSSR count). The lowest BCUT2D eigenvalue weighted by Crippen LogP contribution is -2.57. The van der Waals surface area contributed by atoms with Crippen LogP contribution in [0, 0.1) is 5.41 Å². The van der Waals surface area contributed by atoms with Gasteiger partial charge in [0.05, 0.1) is 12.1 Å². The van der Waals surface area contributed by atoms with Crippen LogP contribution in [0.15, 0.2) is 12.2 Å². The third-order valence-corrected chi connectivity index (χ3v) is 2.93. The highest BCUT2D eigenvalue weighted by Gasteiger charge is 2.48. The third kappa shape index (κ3) is 1.39. The minimum absolute atomic E-state index is 0.181. The molecule has 0 fully saturated rings. The van der Waals surface area contributed by atoms with Gasteiger partial charge in [0.1, 0.15) is 0 Å². The molecule has 0 saturated heterocycles. The van der Waals surface area contributed by atoms with Gasteiger partial charge in [-0.2, -0.15) is 0 Å². The van der Waals surface area contributed by atoms with Crippen LogP contribution in [0.2, 0.25) is 0 Å². The summed E-state index contributed by atoms with van der Waals surface area (Å²) in [5, 5.41) is 18.4. The SMILES string of the molecule is CC(C)(C)C1(CO)C=CCN1C(=O)O. The van der Waals surface area contributed by atoms with E-state index in [4.69, 9.17) is 5.11 Å². The number of nitrogens with zero attached hydrogens (tertiary/aromatic N) is 1. The lowest BCUT2D eigenvalue weighted by molar-refractivity contribution is 0.0113. The molecule has 0 aromatic heterocycles. The molecule has 1 unspecified atom stereocenters. The van der Waals surface area contributed by atoms with E-state index in [9.17, 15) is 9.90 Å². The van der Waals surface area contributed by atoms with Gasteiger partial charge in [0.25, 0.3) is 0 Å². The van der Waals surface area contributed by atoms with Gasteiger partial charge in [-0.05, 0) is 5.41 Å². The van der Waals surface area contributed by atoms with Gasteiger partial charge < -0.3 is 10.2 Å². The highest BCUT2D eigenvalue weighted by Crippen LogP contribution is 2.39. The molecule has 1 atom stereocenters. The van der Waals surface area contributed by atoms with Crippen LogP contribution in [-0.2, 0) is 0 Å². The number of hydrogen-bond donors (Lipinski definition) is 2. The van der Waals surface area contributed by atoms with Crippen LogP contribution in [0.4, 0.5) is 4.79 Å². The van der Waals surface area contributed by atoms with Crippen LogP contribution >= 0.6 is 0 Å². The first kappa shape index (κ1) is 11.0. The van der Waals surface area contributed by atoms with Crippen molar-refractivity contribution in [3.05, 3.63) is 12.2 Å². The van der Waals surface area contributed by atoms with Gasteiger partial charge in [-0.15, -0.1) is 0 Å². The highest BCUT2D eigenvalue weighted by molar-refractivity contribution is 5.68. The Morgan fingerprint density at radius 3 is 2.43 bits per heavy atom. The van der Waals surface area contributed by atoms with Gasteiger partial charge in [-0.3, -0.25) is 4.90 Å². The van der Waals surface area contributed by atoms with E-state index in [0.717, 1.165) is 0 Å². The maximum atomic E-state index is 11.0. The number of amides is 1. The van der Waals surface area contributed by atoms with E-state index in [1.54, 1.807) is 12.2 Å². The molecule has 0 aliphatic carbocycles. The molecule has 4 nitrogen and oxygen atoms in total. The Balaban J connectivity index is 3.10. The van der Waals surface area contributed by atoms with Crippen molar-refractivity contribution in [3.63, 3.8) is 0 Å². The highest BCUT2D eigenvalue weighted by atomic mass is 16.4. The molecule has 0 spiro atoms. The van der Waals surface area contributed by atoms with Gasteiger partial charge in [0.2, 0.25) is 0 Å². The first-order chi connectivity index (χ1) is 6.35. The summed E-state index contributed by atoms with van der Waals surface area (Å²) >= 11 is 0. The van der Waals surface area contributed by atoms with Crippen LogP contribution in [0.25, 0.3) is 0 Å². The van der Waals surface area contributed by atoms with Crippen LogP contribution < -0.4 is 0 Å². The van der Waals surface area contributed by atoms with Gasteiger partial charge in [-0.25, -0.2) is 4.79 Å². The number of hydrogen-bond acceptors (Lipinski definition) is 2. The van der Waals surface area contributed by atoms with Crippen molar-refractivity contribution in [1.29, 1.82) is 0 Å². The van der Waals surface area contributed by atoms with Crippen molar-refractivity contribution in [3.8, 4) is 0 Å². The second-order valence-electron chi connectivity index (χ2n) is 4.63. The zero-order chi connectivity index (χ0) is 11.0. The van der Waals surface area contributed by atoms with Gasteiger partial charge >= 0.3 is 6.09 Å². The molecule has 1 amide bonds. The number of aliphatic hydroxyl groups is 1. The van der Waals surface area contributed by atoms with Crippen LogP contribution in [-0.4, -0.2) is 39.9 Å². The van der Waals surface area contributed by atoms with Gasteiger partial charge in [0, 0.05) is 6.54 Å². The number of carboxylic acid groups (broad SMARTS) is 1.